The van der Waals surface area contributed by atoms with Crippen LogP contribution in [-0.4, -0.2) is 30.6 Å². The SMILES string of the molecule is O=S(=O)(c1ccc(Br)cc1Cl)N(CCBr)C1CCCC1. The highest BCUT2D eigenvalue weighted by Crippen LogP contribution is 2.32. The van der Waals surface area contributed by atoms with Crippen LogP contribution in [0.15, 0.2) is 27.6 Å². The molecule has 7 heteroatoms. The van der Waals surface area contributed by atoms with Crippen molar-refractivity contribution in [3.05, 3.63) is 27.7 Å². The Morgan fingerprint density at radius 1 is 1.30 bits per heavy atom. The van der Waals surface area contributed by atoms with E-state index in [0.717, 1.165) is 30.2 Å². The predicted molar refractivity (Wildman–Crippen MR) is 89.1 cm³/mol. The van der Waals surface area contributed by atoms with Gasteiger partial charge in [-0.25, -0.2) is 8.42 Å². The molecule has 1 aliphatic carbocycles. The first kappa shape index (κ1) is 16.7. The van der Waals surface area contributed by atoms with Crippen molar-refractivity contribution >= 4 is 53.5 Å². The van der Waals surface area contributed by atoms with Gasteiger partial charge in [-0.1, -0.05) is 56.3 Å². The third kappa shape index (κ3) is 3.58. The molecule has 1 aromatic carbocycles. The van der Waals surface area contributed by atoms with Crippen molar-refractivity contribution in [1.82, 2.24) is 4.31 Å². The number of sulfonamides is 1. The Morgan fingerprint density at radius 3 is 2.50 bits per heavy atom. The van der Waals surface area contributed by atoms with Gasteiger partial charge in [0.05, 0.1) is 5.02 Å². The van der Waals surface area contributed by atoms with E-state index in [2.05, 4.69) is 31.9 Å². The Morgan fingerprint density at radius 2 is 1.95 bits per heavy atom. The van der Waals surface area contributed by atoms with E-state index in [1.165, 1.54) is 0 Å². The summed E-state index contributed by atoms with van der Waals surface area (Å²) in [5.41, 5.74) is 0. The Kier molecular flexibility index (Phi) is 5.94. The predicted octanol–water partition coefficient (Wildman–Crippen LogP) is 4.43. The summed E-state index contributed by atoms with van der Waals surface area (Å²) in [4.78, 5) is 0.190. The summed E-state index contributed by atoms with van der Waals surface area (Å²) < 4.78 is 28.1. The maximum Gasteiger partial charge on any atom is 0.244 e. The third-order valence-corrected chi connectivity index (χ3v) is 6.80. The zero-order valence-corrected chi connectivity index (χ0v) is 15.6. The molecule has 1 aliphatic rings. The minimum absolute atomic E-state index is 0.0947. The number of rotatable bonds is 5. The molecule has 2 rings (SSSR count). The summed E-state index contributed by atoms with van der Waals surface area (Å²) in [6.07, 6.45) is 4.04. The van der Waals surface area contributed by atoms with Crippen molar-refractivity contribution in [3.8, 4) is 0 Å². The van der Waals surface area contributed by atoms with E-state index in [0.29, 0.717) is 11.9 Å². The molecule has 0 unspecified atom stereocenters. The normalized spacial score (nSPS) is 17.0. The minimum atomic E-state index is -3.54. The van der Waals surface area contributed by atoms with Gasteiger partial charge in [-0.15, -0.1) is 0 Å². The topological polar surface area (TPSA) is 37.4 Å². The van der Waals surface area contributed by atoms with Crippen LogP contribution in [-0.2, 0) is 10.0 Å². The Bertz CT molecular complexity index is 574. The fourth-order valence-electron chi connectivity index (χ4n) is 2.59. The van der Waals surface area contributed by atoms with E-state index in [-0.39, 0.29) is 16.0 Å². The molecule has 1 saturated carbocycles. The average Bonchev–Trinajstić information content (AvgIpc) is 2.88. The molecular formula is C13H16Br2ClNO2S. The number of benzene rings is 1. The molecule has 0 amide bonds. The quantitative estimate of drug-likeness (QED) is 0.629. The first-order chi connectivity index (χ1) is 9.46. The van der Waals surface area contributed by atoms with Gasteiger partial charge in [0.25, 0.3) is 0 Å². The summed E-state index contributed by atoms with van der Waals surface area (Å²) >= 11 is 12.8. The fraction of sp³-hybridized carbons (Fsp3) is 0.538. The smallest absolute Gasteiger partial charge is 0.207 e. The van der Waals surface area contributed by atoms with Crippen LogP contribution in [0.3, 0.4) is 0 Å². The number of hydrogen-bond acceptors (Lipinski definition) is 2. The molecule has 0 bridgehead atoms. The van der Waals surface area contributed by atoms with Crippen molar-refractivity contribution in [1.29, 1.82) is 0 Å². The highest BCUT2D eigenvalue weighted by molar-refractivity contribution is 9.10. The van der Waals surface area contributed by atoms with Gasteiger partial charge in [0.15, 0.2) is 0 Å². The number of hydrogen-bond donors (Lipinski definition) is 0. The molecule has 0 radical (unpaired) electrons. The van der Waals surface area contributed by atoms with Gasteiger partial charge in [0.2, 0.25) is 10.0 Å². The lowest BCUT2D eigenvalue weighted by Gasteiger charge is -2.27. The van der Waals surface area contributed by atoms with Crippen molar-refractivity contribution in [2.24, 2.45) is 0 Å². The van der Waals surface area contributed by atoms with E-state index < -0.39 is 10.0 Å². The molecule has 1 aromatic rings. The summed E-state index contributed by atoms with van der Waals surface area (Å²) in [6.45, 7) is 0.472. The largest absolute Gasteiger partial charge is 0.244 e. The Balaban J connectivity index is 2.39. The standard InChI is InChI=1S/C13H16Br2ClNO2S/c14-7-8-17(11-3-1-2-4-11)20(18,19)13-6-5-10(15)9-12(13)16/h5-6,9,11H,1-4,7-8H2. The first-order valence-corrected chi connectivity index (χ1v) is 10.2. The lowest BCUT2D eigenvalue weighted by atomic mass is 10.2. The second kappa shape index (κ2) is 7.09. The lowest BCUT2D eigenvalue weighted by Crippen LogP contribution is -2.40. The van der Waals surface area contributed by atoms with Gasteiger partial charge in [-0.2, -0.15) is 4.31 Å². The van der Waals surface area contributed by atoms with E-state index in [1.54, 1.807) is 22.5 Å². The average molecular weight is 446 g/mol. The summed E-state index contributed by atoms with van der Waals surface area (Å²) in [6, 6.07) is 4.99. The molecule has 0 saturated heterocycles. The van der Waals surface area contributed by atoms with Crippen molar-refractivity contribution in [3.63, 3.8) is 0 Å². The van der Waals surface area contributed by atoms with Crippen molar-refractivity contribution in [2.75, 3.05) is 11.9 Å². The molecule has 0 aromatic heterocycles. The second-order valence-electron chi connectivity index (χ2n) is 4.82. The van der Waals surface area contributed by atoms with Gasteiger partial charge >= 0.3 is 0 Å². The van der Waals surface area contributed by atoms with Crippen LogP contribution in [0.25, 0.3) is 0 Å². The highest BCUT2D eigenvalue weighted by atomic mass is 79.9. The Labute approximate surface area is 142 Å². The van der Waals surface area contributed by atoms with E-state index in [9.17, 15) is 8.42 Å². The zero-order chi connectivity index (χ0) is 14.8. The maximum atomic E-state index is 12.8. The molecule has 3 nitrogen and oxygen atoms in total. The van der Waals surface area contributed by atoms with Crippen LogP contribution in [0, 0.1) is 0 Å². The zero-order valence-electron chi connectivity index (χ0n) is 10.9. The molecule has 0 atom stereocenters. The summed E-state index contributed by atoms with van der Waals surface area (Å²) in [5, 5.41) is 0.883. The molecular weight excluding hydrogens is 429 g/mol. The number of halogens is 3. The van der Waals surface area contributed by atoms with Crippen LogP contribution in [0.1, 0.15) is 25.7 Å². The van der Waals surface area contributed by atoms with Crippen LogP contribution >= 0.6 is 43.5 Å². The fourth-order valence-corrected chi connectivity index (χ4v) is 5.90. The van der Waals surface area contributed by atoms with Gasteiger partial charge in [-0.05, 0) is 31.0 Å². The van der Waals surface area contributed by atoms with Crippen molar-refractivity contribution in [2.45, 2.75) is 36.6 Å². The van der Waals surface area contributed by atoms with Crippen LogP contribution in [0.5, 0.6) is 0 Å². The van der Waals surface area contributed by atoms with Crippen LogP contribution < -0.4 is 0 Å². The summed E-state index contributed by atoms with van der Waals surface area (Å²) in [5.74, 6) is 0. The maximum absolute atomic E-state index is 12.8. The van der Waals surface area contributed by atoms with Gasteiger partial charge in [0.1, 0.15) is 4.90 Å². The van der Waals surface area contributed by atoms with E-state index in [4.69, 9.17) is 11.6 Å². The van der Waals surface area contributed by atoms with Crippen LogP contribution in [0.2, 0.25) is 5.02 Å². The second-order valence-corrected chi connectivity index (χ2v) is 8.79. The monoisotopic (exact) mass is 443 g/mol. The lowest BCUT2D eigenvalue weighted by molar-refractivity contribution is 0.338. The highest BCUT2D eigenvalue weighted by Gasteiger charge is 2.33. The molecule has 0 heterocycles. The first-order valence-electron chi connectivity index (χ1n) is 6.49. The molecule has 20 heavy (non-hydrogen) atoms. The van der Waals surface area contributed by atoms with E-state index >= 15 is 0 Å². The van der Waals surface area contributed by atoms with Crippen LogP contribution in [0.4, 0.5) is 0 Å². The molecule has 1 fully saturated rings. The molecule has 0 spiro atoms. The minimum Gasteiger partial charge on any atom is -0.207 e. The van der Waals surface area contributed by atoms with Gasteiger partial charge in [-0.3, -0.25) is 0 Å². The van der Waals surface area contributed by atoms with Gasteiger partial charge in [0, 0.05) is 22.4 Å². The molecule has 112 valence electrons. The Hall–Kier alpha value is 0.380. The number of alkyl halides is 1. The molecule has 0 N–H and O–H groups in total. The third-order valence-electron chi connectivity index (χ3n) is 3.52. The molecule has 0 aliphatic heterocycles. The summed E-state index contributed by atoms with van der Waals surface area (Å²) in [7, 11) is -3.54. The van der Waals surface area contributed by atoms with Gasteiger partial charge < -0.3 is 0 Å². The van der Waals surface area contributed by atoms with Crippen molar-refractivity contribution < 1.29 is 8.42 Å². The number of nitrogens with zero attached hydrogens (tertiary/aromatic N) is 1. The van der Waals surface area contributed by atoms with E-state index in [1.807, 2.05) is 0 Å².